The Balaban J connectivity index is 1.56. The summed E-state index contributed by atoms with van der Waals surface area (Å²) in [5, 5.41) is 3.69. The van der Waals surface area contributed by atoms with E-state index in [2.05, 4.69) is 41.5 Å². The Labute approximate surface area is 186 Å². The summed E-state index contributed by atoms with van der Waals surface area (Å²) in [6.45, 7) is 2.27. The summed E-state index contributed by atoms with van der Waals surface area (Å²) in [6, 6.07) is 7.31. The van der Waals surface area contributed by atoms with Gasteiger partial charge in [0.25, 0.3) is 0 Å². The van der Waals surface area contributed by atoms with Crippen LogP contribution in [0.15, 0.2) is 64.7 Å². The highest BCUT2D eigenvalue weighted by Crippen LogP contribution is 2.35. The van der Waals surface area contributed by atoms with Crippen molar-refractivity contribution in [1.82, 2.24) is 0 Å². The number of allylic oxidation sites excluding steroid dienone is 6. The molecule has 30 heavy (non-hydrogen) atoms. The zero-order valence-corrected chi connectivity index (χ0v) is 18.9. The molecular weight excluding hydrogens is 392 g/mol. The molecule has 1 aromatic carbocycles. The monoisotopic (exact) mass is 424 g/mol. The fraction of sp³-hybridized carbons (Fsp3) is 0.462. The number of aliphatic imine (C=N–C) groups is 1. The largest absolute Gasteiger partial charge is 0.326 e. The number of benzene rings is 1. The van der Waals surface area contributed by atoms with Gasteiger partial charge in [0.05, 0.1) is 5.71 Å². The number of nitrogens with one attached hydrogen (secondary N) is 1. The number of carbonyl (C=O) groups excluding carboxylic acids is 1. The Bertz CT molecular complexity index is 838. The van der Waals surface area contributed by atoms with Crippen LogP contribution in [-0.2, 0) is 4.79 Å². The van der Waals surface area contributed by atoms with Gasteiger partial charge in [0.1, 0.15) is 0 Å². The van der Waals surface area contributed by atoms with Gasteiger partial charge in [0, 0.05) is 24.2 Å². The maximum Gasteiger partial charge on any atom is 0.224 e. The van der Waals surface area contributed by atoms with Crippen molar-refractivity contribution in [1.29, 1.82) is 0 Å². The lowest BCUT2D eigenvalue weighted by molar-refractivity contribution is -0.117. The van der Waals surface area contributed by atoms with Crippen LogP contribution in [0, 0.1) is 11.8 Å². The van der Waals surface area contributed by atoms with Gasteiger partial charge in [-0.05, 0) is 79.9 Å². The fourth-order valence-corrected chi connectivity index (χ4v) is 4.92. The zero-order chi connectivity index (χ0) is 21.3. The van der Waals surface area contributed by atoms with Gasteiger partial charge < -0.3 is 5.32 Å². The summed E-state index contributed by atoms with van der Waals surface area (Å²) in [5.74, 6) is 1.21. The topological polar surface area (TPSA) is 41.5 Å². The van der Waals surface area contributed by atoms with E-state index in [1.165, 1.54) is 31.3 Å². The van der Waals surface area contributed by atoms with E-state index >= 15 is 0 Å². The molecule has 1 N–H and O–H groups in total. The number of anilines is 1. The predicted octanol–water partition coefficient (Wildman–Crippen LogP) is 7.16. The van der Waals surface area contributed by atoms with Gasteiger partial charge in [-0.15, -0.1) is 0 Å². The molecule has 3 rings (SSSR count). The molecular formula is C26H33ClN2O. The minimum Gasteiger partial charge on any atom is -0.326 e. The van der Waals surface area contributed by atoms with Crippen LogP contribution in [0.3, 0.4) is 0 Å². The summed E-state index contributed by atoms with van der Waals surface area (Å²) in [4.78, 5) is 17.0. The average molecular weight is 425 g/mol. The number of hydrogen-bond donors (Lipinski definition) is 1. The number of amides is 1. The van der Waals surface area contributed by atoms with E-state index in [-0.39, 0.29) is 5.91 Å². The first-order valence-electron chi connectivity index (χ1n) is 11.2. The second-order valence-corrected chi connectivity index (χ2v) is 8.74. The SMILES string of the molecule is CC/C(=C1/C=CC=C/C1=N/C)[C@H]1CCC[C@@H](CC(=O)Nc2ccc(Cl)cc2)CCC1. The van der Waals surface area contributed by atoms with Gasteiger partial charge in [0.2, 0.25) is 5.91 Å². The molecule has 0 unspecified atom stereocenters. The highest BCUT2D eigenvalue weighted by molar-refractivity contribution is 6.30. The predicted molar refractivity (Wildman–Crippen MR) is 128 cm³/mol. The fourth-order valence-electron chi connectivity index (χ4n) is 4.79. The minimum atomic E-state index is 0.110. The second kappa shape index (κ2) is 11.3. The Kier molecular flexibility index (Phi) is 8.50. The normalized spacial score (nSPS) is 25.0. The third-order valence-electron chi connectivity index (χ3n) is 6.30. The van der Waals surface area contributed by atoms with Crippen molar-refractivity contribution in [2.45, 2.75) is 58.3 Å². The van der Waals surface area contributed by atoms with Gasteiger partial charge in [-0.1, -0.05) is 55.2 Å². The van der Waals surface area contributed by atoms with Gasteiger partial charge in [-0.2, -0.15) is 0 Å². The third-order valence-corrected chi connectivity index (χ3v) is 6.55. The summed E-state index contributed by atoms with van der Waals surface area (Å²) in [6.07, 6.45) is 17.2. The maximum atomic E-state index is 12.5. The molecule has 0 spiro atoms. The lowest BCUT2D eigenvalue weighted by Crippen LogP contribution is -2.19. The van der Waals surface area contributed by atoms with E-state index in [4.69, 9.17) is 11.6 Å². The zero-order valence-electron chi connectivity index (χ0n) is 18.2. The molecule has 1 saturated carbocycles. The van der Waals surface area contributed by atoms with E-state index in [1.807, 2.05) is 19.2 Å². The van der Waals surface area contributed by atoms with Crippen LogP contribution in [0.1, 0.15) is 58.3 Å². The van der Waals surface area contributed by atoms with Crippen molar-refractivity contribution in [3.63, 3.8) is 0 Å². The molecule has 0 atom stereocenters. The van der Waals surface area contributed by atoms with Crippen LogP contribution in [-0.4, -0.2) is 18.7 Å². The lowest BCUT2D eigenvalue weighted by atomic mass is 9.78. The highest BCUT2D eigenvalue weighted by Gasteiger charge is 2.23. The lowest BCUT2D eigenvalue weighted by Gasteiger charge is -2.28. The molecule has 0 aromatic heterocycles. The molecule has 2 aliphatic carbocycles. The first-order chi connectivity index (χ1) is 14.6. The van der Waals surface area contributed by atoms with Crippen molar-refractivity contribution in [2.75, 3.05) is 12.4 Å². The van der Waals surface area contributed by atoms with E-state index in [1.54, 1.807) is 17.7 Å². The molecule has 0 bridgehead atoms. The molecule has 160 valence electrons. The van der Waals surface area contributed by atoms with E-state index in [9.17, 15) is 4.79 Å². The van der Waals surface area contributed by atoms with Crippen molar-refractivity contribution < 1.29 is 4.79 Å². The number of carbonyl (C=O) groups is 1. The van der Waals surface area contributed by atoms with Crippen molar-refractivity contribution in [2.24, 2.45) is 16.8 Å². The molecule has 3 nitrogen and oxygen atoms in total. The average Bonchev–Trinajstić information content (AvgIpc) is 2.73. The summed E-state index contributed by atoms with van der Waals surface area (Å²) >= 11 is 5.92. The van der Waals surface area contributed by atoms with Gasteiger partial charge >= 0.3 is 0 Å². The quantitative estimate of drug-likeness (QED) is 0.535. The van der Waals surface area contributed by atoms with Crippen LogP contribution in [0.4, 0.5) is 5.69 Å². The first-order valence-corrected chi connectivity index (χ1v) is 11.6. The van der Waals surface area contributed by atoms with Crippen LogP contribution in [0.2, 0.25) is 5.02 Å². The Morgan fingerprint density at radius 2 is 1.73 bits per heavy atom. The number of hydrogen-bond acceptors (Lipinski definition) is 2. The van der Waals surface area contributed by atoms with E-state index < -0.39 is 0 Å². The van der Waals surface area contributed by atoms with Crippen molar-refractivity contribution in [3.8, 4) is 0 Å². The Morgan fingerprint density at radius 3 is 2.37 bits per heavy atom. The van der Waals surface area contributed by atoms with E-state index in [0.717, 1.165) is 30.7 Å². The number of halogens is 1. The van der Waals surface area contributed by atoms with Crippen LogP contribution in [0.25, 0.3) is 0 Å². The first kappa shape index (κ1) is 22.6. The molecule has 1 aromatic rings. The summed E-state index contributed by atoms with van der Waals surface area (Å²) in [5.41, 5.74) is 4.80. The molecule has 2 aliphatic rings. The van der Waals surface area contributed by atoms with Crippen molar-refractivity contribution in [3.05, 3.63) is 64.7 Å². The molecule has 0 heterocycles. The molecule has 1 fully saturated rings. The maximum absolute atomic E-state index is 12.5. The van der Waals surface area contributed by atoms with Gasteiger partial charge in [-0.25, -0.2) is 0 Å². The molecule has 0 radical (unpaired) electrons. The molecule has 0 saturated heterocycles. The smallest absolute Gasteiger partial charge is 0.224 e. The molecule has 4 heteroatoms. The van der Waals surface area contributed by atoms with Crippen LogP contribution >= 0.6 is 11.6 Å². The molecule has 0 aliphatic heterocycles. The van der Waals surface area contributed by atoms with Gasteiger partial charge in [-0.3, -0.25) is 9.79 Å². The highest BCUT2D eigenvalue weighted by atomic mass is 35.5. The second-order valence-electron chi connectivity index (χ2n) is 8.30. The van der Waals surface area contributed by atoms with Crippen LogP contribution in [0.5, 0.6) is 0 Å². The Morgan fingerprint density at radius 1 is 1.07 bits per heavy atom. The third kappa shape index (κ3) is 6.18. The Hall–Kier alpha value is -2.13. The van der Waals surface area contributed by atoms with Crippen LogP contribution < -0.4 is 5.32 Å². The summed E-state index contributed by atoms with van der Waals surface area (Å²) in [7, 11) is 1.88. The van der Waals surface area contributed by atoms with Gasteiger partial charge in [0.15, 0.2) is 0 Å². The van der Waals surface area contributed by atoms with Crippen molar-refractivity contribution >= 4 is 28.9 Å². The minimum absolute atomic E-state index is 0.110. The van der Waals surface area contributed by atoms with E-state index in [0.29, 0.717) is 23.3 Å². The number of rotatable bonds is 5. The number of nitrogens with zero attached hydrogens (tertiary/aromatic N) is 1. The standard InChI is InChI=1S/C26H33ClN2O/c1-3-23(24-12-4-5-13-25(24)28-2)20-10-6-8-19(9-7-11-20)18-26(30)29-22-16-14-21(27)15-17-22/h4-5,12-17,19-20H,3,6-11,18H2,1-2H3,(H,29,30)/b24-23+,28-25-/t19-,20+. The summed E-state index contributed by atoms with van der Waals surface area (Å²) < 4.78 is 0. The molecule has 1 amide bonds.